The molecule has 1 aromatic heterocycles. The van der Waals surface area contributed by atoms with Crippen molar-refractivity contribution in [3.63, 3.8) is 0 Å². The maximum Gasteiger partial charge on any atom is 0.262 e. The van der Waals surface area contributed by atoms with Crippen LogP contribution in [-0.2, 0) is 0 Å². The van der Waals surface area contributed by atoms with Gasteiger partial charge in [0.1, 0.15) is 9.88 Å². The Kier molecular flexibility index (Phi) is 4.12. The maximum atomic E-state index is 11.4. The second-order valence-corrected chi connectivity index (χ2v) is 5.38. The van der Waals surface area contributed by atoms with Gasteiger partial charge in [0.25, 0.3) is 5.91 Å². The molecule has 0 aliphatic rings. The number of aromatic nitrogens is 1. The number of carbonyl (C=O) groups is 1. The second-order valence-electron chi connectivity index (χ2n) is 4.32. The van der Waals surface area contributed by atoms with Crippen LogP contribution in [0.2, 0.25) is 0 Å². The van der Waals surface area contributed by atoms with Crippen molar-refractivity contribution >= 4 is 29.4 Å². The predicted octanol–water partition coefficient (Wildman–Crippen LogP) is 3.29. The third-order valence-corrected chi connectivity index (χ3v) is 3.89. The van der Waals surface area contributed by atoms with Crippen molar-refractivity contribution < 1.29 is 4.79 Å². The van der Waals surface area contributed by atoms with Crippen LogP contribution in [0.5, 0.6) is 0 Å². The van der Waals surface area contributed by atoms with Gasteiger partial charge in [0, 0.05) is 7.05 Å². The molecule has 0 saturated heterocycles. The highest BCUT2D eigenvalue weighted by Crippen LogP contribution is 2.17. The van der Waals surface area contributed by atoms with Gasteiger partial charge in [-0.15, -0.1) is 11.3 Å². The minimum Gasteiger partial charge on any atom is -0.354 e. The molecule has 19 heavy (non-hydrogen) atoms. The normalized spacial score (nSPS) is 10.9. The van der Waals surface area contributed by atoms with E-state index in [4.69, 9.17) is 0 Å². The van der Waals surface area contributed by atoms with Gasteiger partial charge in [-0.2, -0.15) is 0 Å². The average molecular weight is 272 g/mol. The molecular formula is C15H16N2OS. The molecule has 1 amide bonds. The van der Waals surface area contributed by atoms with Gasteiger partial charge in [-0.05, 0) is 36.6 Å². The fourth-order valence-electron chi connectivity index (χ4n) is 1.63. The average Bonchev–Trinajstić information content (AvgIpc) is 2.88. The zero-order valence-corrected chi connectivity index (χ0v) is 12.0. The number of nitrogens with one attached hydrogen (secondary N) is 1. The summed E-state index contributed by atoms with van der Waals surface area (Å²) in [4.78, 5) is 16.3. The Morgan fingerprint density at radius 1 is 1.26 bits per heavy atom. The lowest BCUT2D eigenvalue weighted by Gasteiger charge is -2.00. The molecule has 0 bridgehead atoms. The van der Waals surface area contributed by atoms with E-state index in [-0.39, 0.29) is 5.91 Å². The lowest BCUT2D eigenvalue weighted by molar-refractivity contribution is 0.0967. The van der Waals surface area contributed by atoms with Gasteiger partial charge >= 0.3 is 0 Å². The van der Waals surface area contributed by atoms with E-state index in [1.54, 1.807) is 13.2 Å². The van der Waals surface area contributed by atoms with E-state index in [1.165, 1.54) is 22.5 Å². The highest BCUT2D eigenvalue weighted by molar-refractivity contribution is 7.14. The number of nitrogens with zero attached hydrogens (tertiary/aromatic N) is 1. The number of benzene rings is 1. The number of hydrogen-bond acceptors (Lipinski definition) is 3. The molecule has 2 aromatic rings. The zero-order valence-electron chi connectivity index (χ0n) is 11.2. The number of carbonyl (C=O) groups excluding carboxylic acids is 1. The van der Waals surface area contributed by atoms with Crippen LogP contribution in [0.1, 0.15) is 31.4 Å². The standard InChI is InChI=1S/C15H16N2OS/c1-10-4-5-12(8-11(10)2)6-7-14-17-9-13(19-14)15(18)16-3/h4-9H,1-3H3,(H,16,18). The highest BCUT2D eigenvalue weighted by Gasteiger charge is 2.06. The molecule has 0 aliphatic heterocycles. The largest absolute Gasteiger partial charge is 0.354 e. The lowest BCUT2D eigenvalue weighted by atomic mass is 10.1. The highest BCUT2D eigenvalue weighted by atomic mass is 32.1. The van der Waals surface area contributed by atoms with Crippen molar-refractivity contribution in [3.8, 4) is 0 Å². The summed E-state index contributed by atoms with van der Waals surface area (Å²) in [6.45, 7) is 4.19. The SMILES string of the molecule is CNC(=O)c1cnc(C=Cc2ccc(C)c(C)c2)s1. The van der Waals surface area contributed by atoms with E-state index in [2.05, 4.69) is 42.3 Å². The van der Waals surface area contributed by atoms with Crippen molar-refractivity contribution in [1.82, 2.24) is 10.3 Å². The van der Waals surface area contributed by atoms with Crippen LogP contribution in [0, 0.1) is 13.8 Å². The van der Waals surface area contributed by atoms with Gasteiger partial charge in [0.05, 0.1) is 6.20 Å². The molecule has 0 radical (unpaired) electrons. The monoisotopic (exact) mass is 272 g/mol. The summed E-state index contributed by atoms with van der Waals surface area (Å²) in [7, 11) is 1.62. The van der Waals surface area contributed by atoms with Crippen LogP contribution < -0.4 is 5.32 Å². The van der Waals surface area contributed by atoms with Crippen molar-refractivity contribution in [3.05, 3.63) is 51.0 Å². The van der Waals surface area contributed by atoms with E-state index < -0.39 is 0 Å². The van der Waals surface area contributed by atoms with E-state index in [0.29, 0.717) is 4.88 Å². The third-order valence-electron chi connectivity index (χ3n) is 2.92. The third kappa shape index (κ3) is 3.29. The minimum absolute atomic E-state index is 0.0941. The first-order chi connectivity index (χ1) is 9.10. The molecule has 98 valence electrons. The number of rotatable bonds is 3. The van der Waals surface area contributed by atoms with Crippen LogP contribution in [-0.4, -0.2) is 17.9 Å². The van der Waals surface area contributed by atoms with Gasteiger partial charge < -0.3 is 5.32 Å². The van der Waals surface area contributed by atoms with Gasteiger partial charge in [-0.25, -0.2) is 4.98 Å². The van der Waals surface area contributed by atoms with E-state index in [1.807, 2.05) is 12.2 Å². The summed E-state index contributed by atoms with van der Waals surface area (Å²) < 4.78 is 0. The summed E-state index contributed by atoms with van der Waals surface area (Å²) in [5, 5.41) is 3.42. The quantitative estimate of drug-likeness (QED) is 0.931. The van der Waals surface area contributed by atoms with Gasteiger partial charge in [-0.3, -0.25) is 4.79 Å². The number of thiazole rings is 1. The summed E-state index contributed by atoms with van der Waals surface area (Å²) in [6.07, 6.45) is 5.55. The topological polar surface area (TPSA) is 42.0 Å². The Bertz CT molecular complexity index is 629. The Hall–Kier alpha value is -1.94. The van der Waals surface area contributed by atoms with Crippen LogP contribution >= 0.6 is 11.3 Å². The van der Waals surface area contributed by atoms with E-state index in [9.17, 15) is 4.79 Å². The molecule has 1 aromatic carbocycles. The molecule has 0 saturated carbocycles. The molecule has 0 atom stereocenters. The van der Waals surface area contributed by atoms with Crippen LogP contribution in [0.15, 0.2) is 24.4 Å². The molecule has 0 aliphatic carbocycles. The Balaban J connectivity index is 2.16. The van der Waals surface area contributed by atoms with Crippen molar-refractivity contribution in [2.24, 2.45) is 0 Å². The minimum atomic E-state index is -0.0941. The number of amides is 1. The first-order valence-electron chi connectivity index (χ1n) is 6.03. The van der Waals surface area contributed by atoms with Crippen molar-refractivity contribution in [2.75, 3.05) is 7.05 Å². The lowest BCUT2D eigenvalue weighted by Crippen LogP contribution is -2.16. The summed E-state index contributed by atoms with van der Waals surface area (Å²) in [5.74, 6) is -0.0941. The van der Waals surface area contributed by atoms with E-state index >= 15 is 0 Å². The Labute approximate surface area is 117 Å². The summed E-state index contributed by atoms with van der Waals surface area (Å²) in [5.41, 5.74) is 3.69. The molecule has 1 heterocycles. The fraction of sp³-hybridized carbons (Fsp3) is 0.200. The second kappa shape index (κ2) is 5.80. The molecule has 4 heteroatoms. The zero-order chi connectivity index (χ0) is 13.8. The molecule has 3 nitrogen and oxygen atoms in total. The smallest absolute Gasteiger partial charge is 0.262 e. The molecule has 1 N–H and O–H groups in total. The number of aryl methyl sites for hydroxylation is 2. The first-order valence-corrected chi connectivity index (χ1v) is 6.85. The van der Waals surface area contributed by atoms with Gasteiger partial charge in [0.15, 0.2) is 0 Å². The van der Waals surface area contributed by atoms with Crippen LogP contribution in [0.3, 0.4) is 0 Å². The Morgan fingerprint density at radius 2 is 2.05 bits per heavy atom. The summed E-state index contributed by atoms with van der Waals surface area (Å²) in [6, 6.07) is 6.32. The first kappa shape index (κ1) is 13.5. The molecular weight excluding hydrogens is 256 g/mol. The van der Waals surface area contributed by atoms with Crippen molar-refractivity contribution in [1.29, 1.82) is 0 Å². The van der Waals surface area contributed by atoms with E-state index in [0.717, 1.165) is 10.6 Å². The Morgan fingerprint density at radius 3 is 2.74 bits per heavy atom. The molecule has 0 unspecified atom stereocenters. The molecule has 0 spiro atoms. The van der Waals surface area contributed by atoms with Crippen LogP contribution in [0.4, 0.5) is 0 Å². The maximum absolute atomic E-state index is 11.4. The van der Waals surface area contributed by atoms with Crippen molar-refractivity contribution in [2.45, 2.75) is 13.8 Å². The summed E-state index contributed by atoms with van der Waals surface area (Å²) >= 11 is 1.38. The van der Waals surface area contributed by atoms with Gasteiger partial charge in [-0.1, -0.05) is 24.3 Å². The van der Waals surface area contributed by atoms with Crippen LogP contribution in [0.25, 0.3) is 12.2 Å². The molecule has 0 fully saturated rings. The fourth-order valence-corrected chi connectivity index (χ4v) is 2.40. The molecule has 2 rings (SSSR count). The predicted molar refractivity (Wildman–Crippen MR) is 80.3 cm³/mol. The number of hydrogen-bond donors (Lipinski definition) is 1. The van der Waals surface area contributed by atoms with Gasteiger partial charge in [0.2, 0.25) is 0 Å².